The van der Waals surface area contributed by atoms with E-state index in [0.717, 1.165) is 53.5 Å². The van der Waals surface area contributed by atoms with Crippen LogP contribution in [0.15, 0.2) is 62.5 Å². The number of ether oxygens (including phenoxy) is 2. The SMILES string of the molecule is C=C(N)CCCSc1cc(OC)c(CC(=O)c2cc(C(=O)Cc3cc(C(F)(F)F)c(SCCCC(=N)N)cc3OC)nc(SCCN=C(N)N)n2)cc1C(F)(F)F. The molecule has 1 heterocycles. The first-order valence-electron chi connectivity index (χ1n) is 16.9. The van der Waals surface area contributed by atoms with Gasteiger partial charge in [-0.3, -0.25) is 20.0 Å². The van der Waals surface area contributed by atoms with E-state index in [4.69, 9.17) is 37.8 Å². The Hall–Kier alpha value is -4.63. The van der Waals surface area contributed by atoms with E-state index in [0.29, 0.717) is 30.7 Å². The number of thioether (sulfide) groups is 3. The lowest BCUT2D eigenvalue weighted by Crippen LogP contribution is -2.23. The number of Topliss-reactive ketones (excluding diaryl/α,β-unsaturated/α-hetero) is 2. The van der Waals surface area contributed by atoms with E-state index in [2.05, 4.69) is 21.5 Å². The third kappa shape index (κ3) is 14.7. The molecule has 0 aliphatic rings. The van der Waals surface area contributed by atoms with Gasteiger partial charge in [0.15, 0.2) is 22.7 Å². The summed E-state index contributed by atoms with van der Waals surface area (Å²) in [5.41, 5.74) is 19.2. The lowest BCUT2D eigenvalue weighted by molar-refractivity contribution is -0.140. The van der Waals surface area contributed by atoms with Crippen LogP contribution in [0.5, 0.6) is 11.5 Å². The van der Waals surface area contributed by atoms with Crippen molar-refractivity contribution in [1.82, 2.24) is 9.97 Å². The third-order valence-electron chi connectivity index (χ3n) is 7.72. The van der Waals surface area contributed by atoms with Crippen molar-refractivity contribution in [2.24, 2.45) is 27.9 Å². The number of benzene rings is 2. The van der Waals surface area contributed by atoms with Crippen molar-refractivity contribution in [3.8, 4) is 11.5 Å². The van der Waals surface area contributed by atoms with Gasteiger partial charge in [-0.1, -0.05) is 18.3 Å². The fourth-order valence-corrected chi connectivity index (χ4v) is 7.84. The number of hydrogen-bond donors (Lipinski definition) is 5. The first-order chi connectivity index (χ1) is 26.7. The van der Waals surface area contributed by atoms with E-state index in [1.54, 1.807) is 0 Å². The summed E-state index contributed by atoms with van der Waals surface area (Å²) >= 11 is 2.80. The Morgan fingerprint density at radius 3 is 1.58 bits per heavy atom. The molecule has 0 amide bonds. The van der Waals surface area contributed by atoms with Crippen LogP contribution >= 0.6 is 35.3 Å². The smallest absolute Gasteiger partial charge is 0.417 e. The normalized spacial score (nSPS) is 11.6. The van der Waals surface area contributed by atoms with E-state index in [-0.39, 0.29) is 85.2 Å². The fourth-order valence-electron chi connectivity index (χ4n) is 5.09. The van der Waals surface area contributed by atoms with Gasteiger partial charge in [-0.25, -0.2) is 9.97 Å². The van der Waals surface area contributed by atoms with Gasteiger partial charge in [0, 0.05) is 51.6 Å². The maximum absolute atomic E-state index is 14.3. The highest BCUT2D eigenvalue weighted by molar-refractivity contribution is 7.99. The number of guanidine groups is 1. The lowest BCUT2D eigenvalue weighted by atomic mass is 10.0. The number of nitrogens with one attached hydrogen (secondary N) is 1. The maximum Gasteiger partial charge on any atom is 0.417 e. The van der Waals surface area contributed by atoms with Crippen LogP contribution in [0.2, 0.25) is 0 Å². The van der Waals surface area contributed by atoms with Gasteiger partial charge in [-0.2, -0.15) is 26.3 Å². The molecule has 0 saturated heterocycles. The topological polar surface area (TPSA) is 219 Å². The van der Waals surface area contributed by atoms with Gasteiger partial charge in [0.25, 0.3) is 0 Å². The molecule has 3 rings (SSSR count). The van der Waals surface area contributed by atoms with Crippen molar-refractivity contribution in [3.05, 3.63) is 76.2 Å². The van der Waals surface area contributed by atoms with Crippen LogP contribution in [0.4, 0.5) is 26.3 Å². The van der Waals surface area contributed by atoms with Gasteiger partial charge in [-0.05, 0) is 61.1 Å². The number of rotatable bonds is 22. The summed E-state index contributed by atoms with van der Waals surface area (Å²) in [4.78, 5) is 39.6. The zero-order valence-electron chi connectivity index (χ0n) is 30.9. The summed E-state index contributed by atoms with van der Waals surface area (Å²) in [6, 6.07) is 5.05. The highest BCUT2D eigenvalue weighted by atomic mass is 32.2. The number of halogens is 6. The number of hydrogen-bond acceptors (Lipinski definition) is 12. The number of nitrogens with zero attached hydrogens (tertiary/aromatic N) is 3. The van der Waals surface area contributed by atoms with E-state index >= 15 is 0 Å². The Balaban J connectivity index is 2.02. The minimum atomic E-state index is -4.80. The Bertz CT molecular complexity index is 1850. The van der Waals surface area contributed by atoms with Gasteiger partial charge >= 0.3 is 12.4 Å². The second kappa shape index (κ2) is 21.2. The van der Waals surface area contributed by atoms with Crippen LogP contribution in [0, 0.1) is 5.41 Å². The summed E-state index contributed by atoms with van der Waals surface area (Å²) in [6.45, 7) is 3.68. The molecule has 310 valence electrons. The summed E-state index contributed by atoms with van der Waals surface area (Å²) in [7, 11) is 2.48. The number of carbonyl (C=O) groups excluding carboxylic acids is 2. The van der Waals surface area contributed by atoms with Crippen LogP contribution in [0.1, 0.15) is 68.9 Å². The number of alkyl halides is 6. The summed E-state index contributed by atoms with van der Waals surface area (Å²) in [6.07, 6.45) is -9.38. The molecule has 21 heteroatoms. The Labute approximate surface area is 337 Å². The number of allylic oxidation sites excluding steroid dienone is 1. The minimum Gasteiger partial charge on any atom is -0.496 e. The van der Waals surface area contributed by atoms with Crippen LogP contribution in [0.25, 0.3) is 0 Å². The molecular formula is C36H42F6N8O4S3. The summed E-state index contributed by atoms with van der Waals surface area (Å²) in [5, 5.41) is 7.24. The lowest BCUT2D eigenvalue weighted by Gasteiger charge is -2.18. The Kier molecular flexibility index (Phi) is 17.4. The number of ketones is 2. The molecule has 0 atom stereocenters. The Morgan fingerprint density at radius 1 is 0.737 bits per heavy atom. The molecule has 0 aliphatic heterocycles. The van der Waals surface area contributed by atoms with Crippen LogP contribution in [0.3, 0.4) is 0 Å². The average Bonchev–Trinajstić information content (AvgIpc) is 3.12. The van der Waals surface area contributed by atoms with Crippen molar-refractivity contribution in [3.63, 3.8) is 0 Å². The third-order valence-corrected chi connectivity index (χ3v) is 10.8. The summed E-state index contributed by atoms with van der Waals surface area (Å²) < 4.78 is 96.2. The largest absolute Gasteiger partial charge is 0.496 e. The van der Waals surface area contributed by atoms with Gasteiger partial charge < -0.3 is 32.4 Å². The standard InChI is InChI=1S/C36H42F6N8O4S3/c1-19(43)6-4-9-55-30-17-28(53-2)20(12-22(30)35(37,38)39)14-26(51)24-16-25(50-34(49-24)57-11-8-48-33(46)47)27(52)15-21-13-23(36(40,41)42)31(18-29(21)54-3)56-10-5-7-32(44)45/h12-13,16-18H,1,4-11,14-15,43H2,2-3H3,(H3,44,45)(H4,46,47,48). The van der Waals surface area contributed by atoms with Gasteiger partial charge in [0.2, 0.25) is 0 Å². The number of aromatic nitrogens is 2. The molecule has 0 radical (unpaired) electrons. The number of methoxy groups -OCH3 is 2. The first kappa shape index (κ1) is 46.8. The molecule has 0 aliphatic carbocycles. The molecule has 12 nitrogen and oxygen atoms in total. The van der Waals surface area contributed by atoms with Crippen LogP contribution in [-0.4, -0.2) is 71.4 Å². The minimum absolute atomic E-state index is 0.00676. The zero-order chi connectivity index (χ0) is 42.5. The second-order valence-corrected chi connectivity index (χ2v) is 15.5. The predicted molar refractivity (Wildman–Crippen MR) is 211 cm³/mol. The second-order valence-electron chi connectivity index (χ2n) is 12.2. The highest BCUT2D eigenvalue weighted by Gasteiger charge is 2.36. The first-order valence-corrected chi connectivity index (χ1v) is 19.9. The predicted octanol–water partition coefficient (Wildman–Crippen LogP) is 6.90. The van der Waals surface area contributed by atoms with Crippen LogP contribution < -0.4 is 32.4 Å². The van der Waals surface area contributed by atoms with E-state index < -0.39 is 47.9 Å². The number of nitrogens with two attached hydrogens (primary N) is 4. The van der Waals surface area contributed by atoms with Gasteiger partial charge in [-0.15, -0.1) is 23.5 Å². The monoisotopic (exact) mass is 860 g/mol. The summed E-state index contributed by atoms with van der Waals surface area (Å²) in [5.74, 6) is -1.18. The van der Waals surface area contributed by atoms with Crippen molar-refractivity contribution in [1.29, 1.82) is 5.41 Å². The fraction of sp³-hybridized carbons (Fsp3) is 0.389. The van der Waals surface area contributed by atoms with Gasteiger partial charge in [0.05, 0.1) is 37.7 Å². The maximum atomic E-state index is 14.3. The highest BCUT2D eigenvalue weighted by Crippen LogP contribution is 2.42. The molecule has 0 unspecified atom stereocenters. The molecule has 2 aromatic carbocycles. The van der Waals surface area contributed by atoms with E-state index in [1.165, 1.54) is 26.4 Å². The van der Waals surface area contributed by atoms with E-state index in [1.807, 2.05) is 0 Å². The molecule has 1 aromatic heterocycles. The molecule has 3 aromatic rings. The number of amidine groups is 1. The molecule has 0 fully saturated rings. The average molecular weight is 861 g/mol. The van der Waals surface area contributed by atoms with Crippen LogP contribution in [-0.2, 0) is 25.2 Å². The van der Waals surface area contributed by atoms with Gasteiger partial charge in [0.1, 0.15) is 22.9 Å². The number of carbonyl (C=O) groups is 2. The number of aliphatic imine (C=N–C) groups is 1. The Morgan fingerprint density at radius 2 is 1.19 bits per heavy atom. The zero-order valence-corrected chi connectivity index (χ0v) is 33.4. The molecule has 0 spiro atoms. The molecule has 0 saturated carbocycles. The van der Waals surface area contributed by atoms with Crippen molar-refractivity contribution in [2.45, 2.75) is 65.8 Å². The quantitative estimate of drug-likeness (QED) is 0.0132. The van der Waals surface area contributed by atoms with Crippen molar-refractivity contribution < 1.29 is 45.4 Å². The molecular weight excluding hydrogens is 819 g/mol. The van der Waals surface area contributed by atoms with E-state index in [9.17, 15) is 35.9 Å². The van der Waals surface area contributed by atoms with Crippen molar-refractivity contribution in [2.75, 3.05) is 38.0 Å². The molecule has 0 bridgehead atoms. The van der Waals surface area contributed by atoms with Crippen molar-refractivity contribution >= 4 is 58.6 Å². The molecule has 57 heavy (non-hydrogen) atoms. The molecule has 9 N–H and O–H groups in total.